The van der Waals surface area contributed by atoms with Gasteiger partial charge in [-0.1, -0.05) is 52.3 Å². The van der Waals surface area contributed by atoms with Crippen LogP contribution in [-0.2, 0) is 0 Å². The lowest BCUT2D eigenvalue weighted by atomic mass is 9.96. The van der Waals surface area contributed by atoms with Gasteiger partial charge in [0.15, 0.2) is 0 Å². The Morgan fingerprint density at radius 3 is 1.52 bits per heavy atom. The Morgan fingerprint density at radius 2 is 1.16 bits per heavy atom. The summed E-state index contributed by atoms with van der Waals surface area (Å²) in [6, 6.07) is 11.4. The van der Waals surface area contributed by atoms with Crippen LogP contribution in [-0.4, -0.2) is 10.2 Å². The van der Waals surface area contributed by atoms with Gasteiger partial charge in [-0.2, -0.15) is 0 Å². The molecule has 0 radical (unpaired) electrons. The first-order valence-electron chi connectivity index (χ1n) is 9.29. The topological polar surface area (TPSA) is 40.5 Å². The van der Waals surface area contributed by atoms with Gasteiger partial charge in [-0.25, -0.2) is 0 Å². The van der Waals surface area contributed by atoms with Gasteiger partial charge >= 0.3 is 0 Å². The number of rotatable bonds is 8. The molecule has 0 heterocycles. The Kier molecular flexibility index (Phi) is 7.24. The molecule has 2 aromatic rings. The summed E-state index contributed by atoms with van der Waals surface area (Å²) in [6.45, 7) is 8.83. The Morgan fingerprint density at radius 1 is 0.760 bits per heavy atom. The molecule has 0 spiro atoms. The maximum atomic E-state index is 9.93. The summed E-state index contributed by atoms with van der Waals surface area (Å²) in [4.78, 5) is 2.38. The zero-order valence-corrected chi connectivity index (χ0v) is 16.6. The van der Waals surface area contributed by atoms with Crippen molar-refractivity contribution in [3.8, 4) is 11.5 Å². The minimum absolute atomic E-state index is 0.326. The van der Waals surface area contributed by atoms with Gasteiger partial charge in [0.2, 0.25) is 0 Å². The molecule has 0 aliphatic carbocycles. The van der Waals surface area contributed by atoms with Crippen molar-refractivity contribution in [1.29, 1.82) is 0 Å². The van der Waals surface area contributed by atoms with E-state index in [4.69, 9.17) is 0 Å². The Labute approximate surface area is 156 Å². The fourth-order valence-corrected chi connectivity index (χ4v) is 4.59. The summed E-state index contributed by atoms with van der Waals surface area (Å²) in [5.41, 5.74) is 2.41. The van der Waals surface area contributed by atoms with Crippen molar-refractivity contribution in [2.24, 2.45) is 0 Å². The number of benzene rings is 2. The highest BCUT2D eigenvalue weighted by Gasteiger charge is 2.16. The number of phenols is 2. The van der Waals surface area contributed by atoms with E-state index in [1.807, 2.05) is 24.3 Å². The summed E-state index contributed by atoms with van der Waals surface area (Å²) in [7, 11) is 0. The van der Waals surface area contributed by atoms with E-state index < -0.39 is 0 Å². The largest absolute Gasteiger partial charge is 0.508 e. The van der Waals surface area contributed by atoms with Crippen LogP contribution in [0.1, 0.15) is 76.3 Å². The fraction of sp³-hybridized carbons (Fsp3) is 0.455. The van der Waals surface area contributed by atoms with Crippen LogP contribution in [0.5, 0.6) is 11.5 Å². The second-order valence-corrected chi connectivity index (χ2v) is 8.01. The van der Waals surface area contributed by atoms with Gasteiger partial charge in [-0.05, 0) is 72.2 Å². The van der Waals surface area contributed by atoms with E-state index >= 15 is 0 Å². The maximum absolute atomic E-state index is 9.93. The van der Waals surface area contributed by atoms with Crippen molar-refractivity contribution in [2.45, 2.75) is 75.0 Å². The molecule has 0 aliphatic heterocycles. The highest BCUT2D eigenvalue weighted by Crippen LogP contribution is 2.41. The molecule has 0 saturated heterocycles. The van der Waals surface area contributed by atoms with Crippen molar-refractivity contribution in [3.63, 3.8) is 0 Å². The third kappa shape index (κ3) is 5.18. The SMILES string of the molecule is CCCC(C)c1cc(O)ccc1Sc1ccc(O)cc1C(C)CCC. The molecule has 2 unspecified atom stereocenters. The molecule has 2 aromatic carbocycles. The van der Waals surface area contributed by atoms with Gasteiger partial charge in [0, 0.05) is 9.79 Å². The molecule has 0 saturated carbocycles. The second kappa shape index (κ2) is 9.19. The lowest BCUT2D eigenvalue weighted by Gasteiger charge is -2.19. The first kappa shape index (κ1) is 19.7. The lowest BCUT2D eigenvalue weighted by molar-refractivity contribution is 0.472. The van der Waals surface area contributed by atoms with Gasteiger partial charge in [0.05, 0.1) is 0 Å². The van der Waals surface area contributed by atoms with Gasteiger partial charge in [0.1, 0.15) is 11.5 Å². The molecular formula is C22H30O2S. The standard InChI is InChI=1S/C22H30O2S/c1-5-7-15(3)19-13-17(23)9-11-21(19)25-22-12-10-18(24)14-20(22)16(4)8-6-2/h9-16,23-24H,5-8H2,1-4H3. The minimum atomic E-state index is 0.326. The van der Waals surface area contributed by atoms with Crippen LogP contribution >= 0.6 is 11.8 Å². The Hall–Kier alpha value is -1.61. The van der Waals surface area contributed by atoms with Crippen LogP contribution < -0.4 is 0 Å². The zero-order chi connectivity index (χ0) is 18.4. The van der Waals surface area contributed by atoms with Crippen LogP contribution in [0.4, 0.5) is 0 Å². The molecule has 0 fully saturated rings. The van der Waals surface area contributed by atoms with Crippen LogP contribution in [0.25, 0.3) is 0 Å². The monoisotopic (exact) mass is 358 g/mol. The van der Waals surface area contributed by atoms with Crippen LogP contribution in [0.2, 0.25) is 0 Å². The fourth-order valence-electron chi connectivity index (χ4n) is 3.32. The minimum Gasteiger partial charge on any atom is -0.508 e. The van der Waals surface area contributed by atoms with Gasteiger partial charge in [0.25, 0.3) is 0 Å². The smallest absolute Gasteiger partial charge is 0.115 e. The molecule has 2 rings (SSSR count). The van der Waals surface area contributed by atoms with Crippen molar-refractivity contribution in [1.82, 2.24) is 0 Å². The normalized spacial score (nSPS) is 13.6. The lowest BCUT2D eigenvalue weighted by Crippen LogP contribution is -1.98. The molecule has 3 heteroatoms. The predicted octanol–water partition coefficient (Wildman–Crippen LogP) is 7.06. The van der Waals surface area contributed by atoms with E-state index in [0.717, 1.165) is 25.7 Å². The maximum Gasteiger partial charge on any atom is 0.115 e. The van der Waals surface area contributed by atoms with E-state index in [0.29, 0.717) is 23.3 Å². The first-order chi connectivity index (χ1) is 12.0. The van der Waals surface area contributed by atoms with Crippen LogP contribution in [0.15, 0.2) is 46.2 Å². The molecular weight excluding hydrogens is 328 g/mol. The molecule has 2 nitrogen and oxygen atoms in total. The van der Waals surface area contributed by atoms with Crippen LogP contribution in [0.3, 0.4) is 0 Å². The van der Waals surface area contributed by atoms with Crippen molar-refractivity contribution < 1.29 is 10.2 Å². The van der Waals surface area contributed by atoms with E-state index in [2.05, 4.69) is 27.7 Å². The summed E-state index contributed by atoms with van der Waals surface area (Å²) < 4.78 is 0. The first-order valence-corrected chi connectivity index (χ1v) is 10.1. The molecule has 136 valence electrons. The van der Waals surface area contributed by atoms with Gasteiger partial charge in [-0.15, -0.1) is 0 Å². The molecule has 0 amide bonds. The quantitative estimate of drug-likeness (QED) is 0.531. The molecule has 2 N–H and O–H groups in total. The summed E-state index contributed by atoms with van der Waals surface area (Å²) in [5.74, 6) is 1.47. The van der Waals surface area contributed by atoms with E-state index in [-0.39, 0.29) is 0 Å². The Balaban J connectivity index is 2.40. The zero-order valence-electron chi connectivity index (χ0n) is 15.7. The highest BCUT2D eigenvalue weighted by molar-refractivity contribution is 7.99. The molecule has 0 bridgehead atoms. The molecule has 0 aromatic heterocycles. The summed E-state index contributed by atoms with van der Waals surface area (Å²) in [6.07, 6.45) is 4.45. The van der Waals surface area contributed by atoms with Gasteiger partial charge < -0.3 is 10.2 Å². The predicted molar refractivity (Wildman–Crippen MR) is 107 cm³/mol. The van der Waals surface area contributed by atoms with E-state index in [1.165, 1.54) is 20.9 Å². The molecule has 0 aliphatic rings. The van der Waals surface area contributed by atoms with E-state index in [1.54, 1.807) is 23.9 Å². The summed E-state index contributed by atoms with van der Waals surface area (Å²) in [5, 5.41) is 19.9. The van der Waals surface area contributed by atoms with Crippen LogP contribution in [0, 0.1) is 0 Å². The second-order valence-electron chi connectivity index (χ2n) is 6.93. The van der Waals surface area contributed by atoms with Crippen molar-refractivity contribution in [2.75, 3.05) is 0 Å². The van der Waals surface area contributed by atoms with Gasteiger partial charge in [-0.3, -0.25) is 0 Å². The highest BCUT2D eigenvalue weighted by atomic mass is 32.2. The Bertz CT molecular complexity index is 637. The van der Waals surface area contributed by atoms with Crippen molar-refractivity contribution in [3.05, 3.63) is 47.5 Å². The van der Waals surface area contributed by atoms with Crippen molar-refractivity contribution >= 4 is 11.8 Å². The number of phenolic OH excluding ortho intramolecular Hbond substituents is 2. The third-order valence-corrected chi connectivity index (χ3v) is 5.90. The van der Waals surface area contributed by atoms with E-state index in [9.17, 15) is 10.2 Å². The summed E-state index contributed by atoms with van der Waals surface area (Å²) >= 11 is 1.74. The number of aromatic hydroxyl groups is 2. The third-order valence-electron chi connectivity index (χ3n) is 4.71. The molecule has 25 heavy (non-hydrogen) atoms. The number of hydrogen-bond acceptors (Lipinski definition) is 3. The number of hydrogen-bond donors (Lipinski definition) is 2. The molecule has 2 atom stereocenters. The average Bonchev–Trinajstić information content (AvgIpc) is 2.58. The average molecular weight is 359 g/mol.